The van der Waals surface area contributed by atoms with E-state index in [0.717, 1.165) is 17.6 Å². The highest BCUT2D eigenvalue weighted by molar-refractivity contribution is 7.09. The quantitative estimate of drug-likeness (QED) is 0.912. The molecule has 18 heavy (non-hydrogen) atoms. The lowest BCUT2D eigenvalue weighted by Crippen LogP contribution is -2.63. The number of aromatic nitrogens is 2. The second-order valence-corrected chi connectivity index (χ2v) is 7.17. The molecule has 5 heteroatoms. The second-order valence-electron chi connectivity index (χ2n) is 6.42. The fourth-order valence-corrected chi connectivity index (χ4v) is 4.24. The van der Waals surface area contributed by atoms with Crippen LogP contribution in [0.2, 0.25) is 0 Å². The SMILES string of the molecule is CC1(C)[C@H](Nc2nc(C3CC3)ns2)[C@@H]2CCO[C@@H]21. The Hall–Kier alpha value is -0.680. The molecule has 4 rings (SSSR count). The minimum atomic E-state index is 0.215. The first-order valence-electron chi connectivity index (χ1n) is 6.88. The largest absolute Gasteiger partial charge is 0.377 e. The molecular weight excluding hydrogens is 246 g/mol. The van der Waals surface area contributed by atoms with Gasteiger partial charge in [-0.1, -0.05) is 13.8 Å². The van der Waals surface area contributed by atoms with Crippen LogP contribution in [0, 0.1) is 11.3 Å². The van der Waals surface area contributed by atoms with Crippen LogP contribution in [0.3, 0.4) is 0 Å². The number of hydrogen-bond acceptors (Lipinski definition) is 5. The lowest BCUT2D eigenvalue weighted by atomic mass is 9.57. The van der Waals surface area contributed by atoms with Crippen molar-refractivity contribution in [1.82, 2.24) is 9.36 Å². The topological polar surface area (TPSA) is 47.0 Å². The van der Waals surface area contributed by atoms with Gasteiger partial charge in [0.05, 0.1) is 6.10 Å². The number of nitrogens with zero attached hydrogens (tertiary/aromatic N) is 2. The van der Waals surface area contributed by atoms with Crippen LogP contribution < -0.4 is 5.32 Å². The number of hydrogen-bond donors (Lipinski definition) is 1. The Bertz CT molecular complexity index is 469. The first-order chi connectivity index (χ1) is 8.66. The zero-order chi connectivity index (χ0) is 12.3. The highest BCUT2D eigenvalue weighted by atomic mass is 32.1. The lowest BCUT2D eigenvalue weighted by Gasteiger charge is -2.54. The van der Waals surface area contributed by atoms with Crippen LogP contribution in [0.4, 0.5) is 5.13 Å². The van der Waals surface area contributed by atoms with Gasteiger partial charge in [0.15, 0.2) is 0 Å². The third-order valence-corrected chi connectivity index (χ3v) is 5.42. The molecule has 1 N–H and O–H groups in total. The van der Waals surface area contributed by atoms with Crippen molar-refractivity contribution in [3.63, 3.8) is 0 Å². The van der Waals surface area contributed by atoms with Crippen molar-refractivity contribution in [2.45, 2.75) is 51.2 Å². The highest BCUT2D eigenvalue weighted by Gasteiger charge is 2.59. The van der Waals surface area contributed by atoms with Crippen molar-refractivity contribution in [3.05, 3.63) is 5.82 Å². The molecule has 3 atom stereocenters. The summed E-state index contributed by atoms with van der Waals surface area (Å²) in [5.74, 6) is 2.36. The molecule has 2 heterocycles. The molecule has 1 saturated heterocycles. The Morgan fingerprint density at radius 1 is 1.33 bits per heavy atom. The molecular formula is C13H19N3OS. The average molecular weight is 265 g/mol. The molecule has 0 unspecified atom stereocenters. The molecule has 3 aliphatic rings. The van der Waals surface area contributed by atoms with Gasteiger partial charge in [-0.2, -0.15) is 4.37 Å². The third-order valence-electron chi connectivity index (χ3n) is 4.76. The zero-order valence-electron chi connectivity index (χ0n) is 10.8. The van der Waals surface area contributed by atoms with E-state index in [1.165, 1.54) is 30.8 Å². The normalized spacial score (nSPS) is 37.1. The summed E-state index contributed by atoms with van der Waals surface area (Å²) in [7, 11) is 0. The fraction of sp³-hybridized carbons (Fsp3) is 0.846. The van der Waals surface area contributed by atoms with E-state index in [1.54, 1.807) is 0 Å². The molecule has 0 amide bonds. The summed E-state index contributed by atoms with van der Waals surface area (Å²) >= 11 is 1.52. The molecule has 1 aromatic rings. The predicted molar refractivity (Wildman–Crippen MR) is 70.9 cm³/mol. The summed E-state index contributed by atoms with van der Waals surface area (Å²) in [4.78, 5) is 4.63. The summed E-state index contributed by atoms with van der Waals surface area (Å²) in [6.45, 7) is 5.50. The van der Waals surface area contributed by atoms with Gasteiger partial charge < -0.3 is 10.1 Å². The molecule has 1 aromatic heterocycles. The van der Waals surface area contributed by atoms with Gasteiger partial charge in [-0.05, 0) is 19.3 Å². The molecule has 0 spiro atoms. The van der Waals surface area contributed by atoms with E-state index in [4.69, 9.17) is 4.74 Å². The Labute approximate surface area is 111 Å². The van der Waals surface area contributed by atoms with Gasteiger partial charge >= 0.3 is 0 Å². The van der Waals surface area contributed by atoms with E-state index in [1.807, 2.05) is 0 Å². The van der Waals surface area contributed by atoms with Gasteiger partial charge in [0.1, 0.15) is 5.82 Å². The molecule has 98 valence electrons. The Balaban J connectivity index is 1.50. The molecule has 2 aliphatic carbocycles. The van der Waals surface area contributed by atoms with Crippen molar-refractivity contribution in [3.8, 4) is 0 Å². The first-order valence-corrected chi connectivity index (χ1v) is 7.65. The smallest absolute Gasteiger partial charge is 0.202 e. The van der Waals surface area contributed by atoms with Crippen LogP contribution in [0.5, 0.6) is 0 Å². The highest BCUT2D eigenvalue weighted by Crippen LogP contribution is 2.53. The van der Waals surface area contributed by atoms with Crippen molar-refractivity contribution >= 4 is 16.7 Å². The van der Waals surface area contributed by atoms with E-state index in [2.05, 4.69) is 28.5 Å². The Morgan fingerprint density at radius 2 is 2.17 bits per heavy atom. The van der Waals surface area contributed by atoms with Crippen molar-refractivity contribution in [2.24, 2.45) is 11.3 Å². The van der Waals surface area contributed by atoms with Gasteiger partial charge in [-0.25, -0.2) is 4.98 Å². The Morgan fingerprint density at radius 3 is 2.94 bits per heavy atom. The van der Waals surface area contributed by atoms with Crippen LogP contribution in [0.1, 0.15) is 44.9 Å². The summed E-state index contributed by atoms with van der Waals surface area (Å²) in [5, 5.41) is 4.61. The third kappa shape index (κ3) is 1.53. The van der Waals surface area contributed by atoms with Crippen LogP contribution in [0.25, 0.3) is 0 Å². The van der Waals surface area contributed by atoms with E-state index < -0.39 is 0 Å². The lowest BCUT2D eigenvalue weighted by molar-refractivity contribution is -0.0923. The van der Waals surface area contributed by atoms with Gasteiger partial charge in [0.2, 0.25) is 5.13 Å². The fourth-order valence-electron chi connectivity index (χ4n) is 3.55. The van der Waals surface area contributed by atoms with Gasteiger partial charge in [-0.15, -0.1) is 0 Å². The molecule has 0 bridgehead atoms. The number of rotatable bonds is 3. The molecule has 0 radical (unpaired) electrons. The maximum Gasteiger partial charge on any atom is 0.202 e. The molecule has 2 saturated carbocycles. The van der Waals surface area contributed by atoms with Gasteiger partial charge in [0.25, 0.3) is 0 Å². The molecule has 4 nitrogen and oxygen atoms in total. The van der Waals surface area contributed by atoms with Gasteiger partial charge in [-0.3, -0.25) is 0 Å². The molecule has 1 aliphatic heterocycles. The zero-order valence-corrected chi connectivity index (χ0v) is 11.7. The summed E-state index contributed by atoms with van der Waals surface area (Å²) in [6, 6.07) is 0.491. The van der Waals surface area contributed by atoms with E-state index in [-0.39, 0.29) is 5.41 Å². The number of nitrogens with one attached hydrogen (secondary N) is 1. The van der Waals surface area contributed by atoms with Crippen molar-refractivity contribution in [1.29, 1.82) is 0 Å². The maximum absolute atomic E-state index is 5.82. The van der Waals surface area contributed by atoms with Gasteiger partial charge in [0, 0.05) is 41.4 Å². The number of anilines is 1. The summed E-state index contributed by atoms with van der Waals surface area (Å²) in [6.07, 6.45) is 4.15. The molecule has 3 fully saturated rings. The van der Waals surface area contributed by atoms with Crippen LogP contribution in [-0.2, 0) is 4.74 Å². The Kier molecular flexibility index (Phi) is 2.28. The van der Waals surface area contributed by atoms with E-state index in [0.29, 0.717) is 24.0 Å². The number of fused-ring (bicyclic) bond motifs is 1. The number of ether oxygens (including phenoxy) is 1. The maximum atomic E-state index is 5.82. The summed E-state index contributed by atoms with van der Waals surface area (Å²) < 4.78 is 10.3. The van der Waals surface area contributed by atoms with Crippen LogP contribution in [0.15, 0.2) is 0 Å². The second kappa shape index (κ2) is 3.67. The average Bonchev–Trinajstić information content (AvgIpc) is 2.93. The van der Waals surface area contributed by atoms with Crippen LogP contribution in [-0.4, -0.2) is 28.1 Å². The standard InChI is InChI=1S/C13H19N3OS/c1-13(2)9(8-5-6-17-10(8)13)14-12-15-11(16-18-12)7-3-4-7/h7-10H,3-6H2,1-2H3,(H,14,15,16)/t8-,9+,10-/m0/s1. The molecule has 0 aromatic carbocycles. The van der Waals surface area contributed by atoms with Crippen molar-refractivity contribution < 1.29 is 4.74 Å². The monoisotopic (exact) mass is 265 g/mol. The van der Waals surface area contributed by atoms with E-state index >= 15 is 0 Å². The summed E-state index contributed by atoms with van der Waals surface area (Å²) in [5.41, 5.74) is 0.215. The van der Waals surface area contributed by atoms with Crippen molar-refractivity contribution in [2.75, 3.05) is 11.9 Å². The van der Waals surface area contributed by atoms with E-state index in [9.17, 15) is 0 Å². The van der Waals surface area contributed by atoms with Crippen LogP contribution >= 0.6 is 11.5 Å². The predicted octanol–water partition coefficient (Wildman–Crippen LogP) is 2.64. The minimum Gasteiger partial charge on any atom is -0.377 e. The minimum absolute atomic E-state index is 0.215. The first kappa shape index (κ1) is 11.2.